The number of anilines is 1. The first-order chi connectivity index (χ1) is 7.15. The third-order valence-electron chi connectivity index (χ3n) is 2.31. The smallest absolute Gasteiger partial charge is 0.226 e. The van der Waals surface area contributed by atoms with Gasteiger partial charge >= 0.3 is 0 Å². The van der Waals surface area contributed by atoms with Gasteiger partial charge in [-0.2, -0.15) is 4.91 Å². The molecule has 0 heterocycles. The van der Waals surface area contributed by atoms with E-state index in [1.165, 1.54) is 0 Å². The van der Waals surface area contributed by atoms with Crippen molar-refractivity contribution in [3.8, 4) is 0 Å². The molecule has 1 aromatic carbocycles. The molecule has 1 amide bonds. The number of rotatable bonds is 4. The Morgan fingerprint density at radius 3 is 2.80 bits per heavy atom. The van der Waals surface area contributed by atoms with Gasteiger partial charge in [-0.1, -0.05) is 17.3 Å². The van der Waals surface area contributed by atoms with Crippen molar-refractivity contribution >= 4 is 11.6 Å². The minimum Gasteiger partial charge on any atom is -0.326 e. The standard InChI is InChI=1S/C11H14N2O2/c1-8-4-3-5-10(9(8)2)13-11(14)6-7-12-15/h3-5H,6-7H2,1-2H3,(H,13,14). The fourth-order valence-electron chi connectivity index (χ4n) is 1.25. The predicted octanol–water partition coefficient (Wildman–Crippen LogP) is 2.40. The van der Waals surface area contributed by atoms with Gasteiger partial charge in [-0.15, -0.1) is 0 Å². The van der Waals surface area contributed by atoms with Crippen LogP contribution in [-0.4, -0.2) is 12.5 Å². The lowest BCUT2D eigenvalue weighted by Crippen LogP contribution is -2.13. The molecule has 0 bridgehead atoms. The summed E-state index contributed by atoms with van der Waals surface area (Å²) in [4.78, 5) is 21.2. The van der Waals surface area contributed by atoms with Gasteiger partial charge in [0.1, 0.15) is 0 Å². The van der Waals surface area contributed by atoms with Gasteiger partial charge in [0, 0.05) is 12.1 Å². The van der Waals surface area contributed by atoms with Crippen LogP contribution in [0.25, 0.3) is 0 Å². The van der Waals surface area contributed by atoms with E-state index in [0.29, 0.717) is 0 Å². The third kappa shape index (κ3) is 3.16. The van der Waals surface area contributed by atoms with Crippen molar-refractivity contribution in [1.29, 1.82) is 0 Å². The Hall–Kier alpha value is -1.71. The van der Waals surface area contributed by atoms with E-state index in [1.807, 2.05) is 32.0 Å². The fraction of sp³-hybridized carbons (Fsp3) is 0.364. The number of benzene rings is 1. The van der Waals surface area contributed by atoms with Gasteiger partial charge in [0.05, 0.1) is 6.54 Å². The summed E-state index contributed by atoms with van der Waals surface area (Å²) in [6, 6.07) is 5.71. The van der Waals surface area contributed by atoms with Crippen molar-refractivity contribution in [3.05, 3.63) is 34.2 Å². The molecule has 0 saturated heterocycles. The highest BCUT2D eigenvalue weighted by Gasteiger charge is 2.05. The molecule has 4 heteroatoms. The van der Waals surface area contributed by atoms with Gasteiger partial charge in [0.2, 0.25) is 5.91 Å². The molecule has 4 nitrogen and oxygen atoms in total. The number of hydrogen-bond acceptors (Lipinski definition) is 3. The summed E-state index contributed by atoms with van der Waals surface area (Å²) < 4.78 is 0. The van der Waals surface area contributed by atoms with Crippen LogP contribution in [0.5, 0.6) is 0 Å². The van der Waals surface area contributed by atoms with Crippen molar-refractivity contribution in [2.75, 3.05) is 11.9 Å². The Labute approximate surface area is 88.7 Å². The van der Waals surface area contributed by atoms with Crippen LogP contribution in [0.2, 0.25) is 0 Å². The number of hydrogen-bond donors (Lipinski definition) is 1. The summed E-state index contributed by atoms with van der Waals surface area (Å²) in [7, 11) is 0. The molecule has 0 radical (unpaired) electrons. The maximum atomic E-state index is 11.3. The van der Waals surface area contributed by atoms with Crippen LogP contribution in [0.15, 0.2) is 23.4 Å². The number of aryl methyl sites for hydroxylation is 1. The highest BCUT2D eigenvalue weighted by molar-refractivity contribution is 5.91. The molecule has 0 aliphatic carbocycles. The lowest BCUT2D eigenvalue weighted by atomic mass is 10.1. The fourth-order valence-corrected chi connectivity index (χ4v) is 1.25. The molecule has 0 fully saturated rings. The van der Waals surface area contributed by atoms with E-state index in [2.05, 4.69) is 10.5 Å². The van der Waals surface area contributed by atoms with Crippen LogP contribution < -0.4 is 5.32 Å². The summed E-state index contributed by atoms with van der Waals surface area (Å²) in [5.41, 5.74) is 2.97. The number of nitrogens with zero attached hydrogens (tertiary/aromatic N) is 1. The number of nitroso groups, excluding NO2 is 1. The van der Waals surface area contributed by atoms with Gasteiger partial charge in [-0.25, -0.2) is 0 Å². The number of carbonyl (C=O) groups is 1. The van der Waals surface area contributed by atoms with Crippen molar-refractivity contribution in [3.63, 3.8) is 0 Å². The molecule has 1 rings (SSSR count). The van der Waals surface area contributed by atoms with E-state index in [1.54, 1.807) is 0 Å². The molecular formula is C11H14N2O2. The molecule has 1 aromatic rings. The zero-order valence-electron chi connectivity index (χ0n) is 8.91. The van der Waals surface area contributed by atoms with E-state index in [0.717, 1.165) is 16.8 Å². The zero-order valence-corrected chi connectivity index (χ0v) is 8.91. The number of nitrogens with one attached hydrogen (secondary N) is 1. The molecule has 0 aliphatic heterocycles. The summed E-state index contributed by atoms with van der Waals surface area (Å²) in [5.74, 6) is -0.177. The quantitative estimate of drug-likeness (QED) is 0.769. The topological polar surface area (TPSA) is 58.5 Å². The van der Waals surface area contributed by atoms with Crippen LogP contribution in [0, 0.1) is 18.8 Å². The first-order valence-electron chi connectivity index (χ1n) is 4.80. The molecule has 0 atom stereocenters. The Balaban J connectivity index is 2.68. The molecule has 80 valence electrons. The van der Waals surface area contributed by atoms with Crippen molar-refractivity contribution < 1.29 is 4.79 Å². The second-order valence-corrected chi connectivity index (χ2v) is 3.40. The molecule has 1 N–H and O–H groups in total. The van der Waals surface area contributed by atoms with E-state index in [9.17, 15) is 9.70 Å². The lowest BCUT2D eigenvalue weighted by molar-refractivity contribution is -0.116. The summed E-state index contributed by atoms with van der Waals surface area (Å²) >= 11 is 0. The monoisotopic (exact) mass is 206 g/mol. The third-order valence-corrected chi connectivity index (χ3v) is 2.31. The number of carbonyl (C=O) groups excluding carboxylic acids is 1. The highest BCUT2D eigenvalue weighted by Crippen LogP contribution is 2.17. The van der Waals surface area contributed by atoms with Crippen molar-refractivity contribution in [2.45, 2.75) is 20.3 Å². The normalized spacial score (nSPS) is 9.73. The van der Waals surface area contributed by atoms with E-state index in [4.69, 9.17) is 0 Å². The van der Waals surface area contributed by atoms with Crippen molar-refractivity contribution in [2.24, 2.45) is 5.18 Å². The molecule has 15 heavy (non-hydrogen) atoms. The largest absolute Gasteiger partial charge is 0.326 e. The Morgan fingerprint density at radius 2 is 2.13 bits per heavy atom. The van der Waals surface area contributed by atoms with Crippen LogP contribution in [-0.2, 0) is 4.79 Å². The van der Waals surface area contributed by atoms with Crippen molar-refractivity contribution in [1.82, 2.24) is 0 Å². The Kier molecular flexibility index (Phi) is 3.97. The molecule has 0 aliphatic rings. The molecular weight excluding hydrogens is 192 g/mol. The van der Waals surface area contributed by atoms with Crippen LogP contribution >= 0.6 is 0 Å². The van der Waals surface area contributed by atoms with Gasteiger partial charge in [-0.05, 0) is 31.0 Å². The average molecular weight is 206 g/mol. The highest BCUT2D eigenvalue weighted by atomic mass is 16.3. The molecule has 0 unspecified atom stereocenters. The predicted molar refractivity (Wildman–Crippen MR) is 59.8 cm³/mol. The van der Waals surface area contributed by atoms with Crippen LogP contribution in [0.4, 0.5) is 5.69 Å². The zero-order chi connectivity index (χ0) is 11.3. The minimum absolute atomic E-state index is 0.0245. The Bertz CT molecular complexity index is 375. The summed E-state index contributed by atoms with van der Waals surface area (Å²) in [6.45, 7) is 3.96. The van der Waals surface area contributed by atoms with Gasteiger partial charge in [0.15, 0.2) is 0 Å². The van der Waals surface area contributed by atoms with Crippen LogP contribution in [0.3, 0.4) is 0 Å². The minimum atomic E-state index is -0.177. The summed E-state index contributed by atoms with van der Waals surface area (Å²) in [6.07, 6.45) is 0.136. The second-order valence-electron chi connectivity index (χ2n) is 3.40. The number of amides is 1. The summed E-state index contributed by atoms with van der Waals surface area (Å²) in [5, 5.41) is 5.39. The molecule has 0 spiro atoms. The van der Waals surface area contributed by atoms with E-state index < -0.39 is 0 Å². The van der Waals surface area contributed by atoms with Gasteiger partial charge in [0.25, 0.3) is 0 Å². The van der Waals surface area contributed by atoms with Gasteiger partial charge < -0.3 is 5.32 Å². The SMILES string of the molecule is Cc1cccc(NC(=O)CCN=O)c1C. The van der Waals surface area contributed by atoms with E-state index in [-0.39, 0.29) is 18.9 Å². The van der Waals surface area contributed by atoms with Crippen LogP contribution in [0.1, 0.15) is 17.5 Å². The molecule has 0 aromatic heterocycles. The maximum absolute atomic E-state index is 11.3. The second kappa shape index (κ2) is 5.24. The first-order valence-corrected chi connectivity index (χ1v) is 4.80. The van der Waals surface area contributed by atoms with E-state index >= 15 is 0 Å². The Morgan fingerprint density at radius 1 is 1.40 bits per heavy atom. The maximum Gasteiger partial charge on any atom is 0.226 e. The van der Waals surface area contributed by atoms with Gasteiger partial charge in [-0.3, -0.25) is 4.79 Å². The lowest BCUT2D eigenvalue weighted by Gasteiger charge is -2.09. The average Bonchev–Trinajstić information content (AvgIpc) is 2.22. The first kappa shape index (κ1) is 11.4. The molecule has 0 saturated carbocycles.